The fraction of sp³-hybridized carbons (Fsp3) is 0.200. The Kier molecular flexibility index (Phi) is 1.57. The van der Waals surface area contributed by atoms with Crippen LogP contribution in [0.2, 0.25) is 0 Å². The number of hydrogen-bond acceptors (Lipinski definition) is 4. The van der Waals surface area contributed by atoms with Gasteiger partial charge < -0.3 is 15.6 Å². The van der Waals surface area contributed by atoms with Crippen LogP contribution in [-0.4, -0.2) is 18.1 Å². The van der Waals surface area contributed by atoms with Gasteiger partial charge in [-0.2, -0.15) is 0 Å². The minimum Gasteiger partial charge on any atom is -0.394 e. The Balaban J connectivity index is 2.93. The van der Waals surface area contributed by atoms with Gasteiger partial charge in [-0.3, -0.25) is 4.79 Å². The second kappa shape index (κ2) is 2.38. The van der Waals surface area contributed by atoms with Gasteiger partial charge >= 0.3 is 0 Å². The van der Waals surface area contributed by atoms with Gasteiger partial charge in [0.25, 0.3) is 5.91 Å². The minimum absolute atomic E-state index is 0.0579. The lowest BCUT2D eigenvalue weighted by molar-refractivity contribution is 0.0927. The summed E-state index contributed by atoms with van der Waals surface area (Å²) in [4.78, 5) is 10.8. The third-order valence-corrected chi connectivity index (χ3v) is 1.03. The lowest BCUT2D eigenvalue weighted by atomic mass is 10.4. The topological polar surface area (TPSA) is 81.2 Å². The zero-order valence-corrected chi connectivity index (χ0v) is 5.42. The summed E-state index contributed by atoms with van der Waals surface area (Å²) in [6, 6.07) is 0. The standard InChI is InChI=1S/C5H7N3O2/c1-7-5(9)4-3(6)2-8-10-4/h2H,6H2,1H3,(H,7,9). The van der Waals surface area contributed by atoms with Crippen LogP contribution >= 0.6 is 0 Å². The van der Waals surface area contributed by atoms with Crippen molar-refractivity contribution in [2.45, 2.75) is 0 Å². The summed E-state index contributed by atoms with van der Waals surface area (Å²) in [5.74, 6) is -0.308. The molecule has 0 aliphatic heterocycles. The summed E-state index contributed by atoms with van der Waals surface area (Å²) < 4.78 is 4.53. The molecule has 1 aromatic rings. The van der Waals surface area contributed by atoms with E-state index in [1.165, 1.54) is 13.2 Å². The fourth-order valence-electron chi connectivity index (χ4n) is 0.533. The van der Waals surface area contributed by atoms with E-state index in [2.05, 4.69) is 15.0 Å². The third kappa shape index (κ3) is 0.928. The Morgan fingerprint density at radius 3 is 3.00 bits per heavy atom. The van der Waals surface area contributed by atoms with Crippen molar-refractivity contribution in [1.82, 2.24) is 10.5 Å². The van der Waals surface area contributed by atoms with Gasteiger partial charge in [-0.15, -0.1) is 0 Å². The van der Waals surface area contributed by atoms with E-state index in [1.54, 1.807) is 0 Å². The number of carbonyl (C=O) groups is 1. The predicted molar refractivity (Wildman–Crippen MR) is 34.3 cm³/mol. The summed E-state index contributed by atoms with van der Waals surface area (Å²) in [5, 5.41) is 5.69. The van der Waals surface area contributed by atoms with Crippen molar-refractivity contribution >= 4 is 11.6 Å². The molecule has 0 bridgehead atoms. The fourth-order valence-corrected chi connectivity index (χ4v) is 0.533. The molecule has 0 aliphatic carbocycles. The van der Waals surface area contributed by atoms with E-state index >= 15 is 0 Å². The van der Waals surface area contributed by atoms with Crippen LogP contribution in [0.4, 0.5) is 5.69 Å². The number of amides is 1. The summed E-state index contributed by atoms with van der Waals surface area (Å²) in [6.45, 7) is 0. The van der Waals surface area contributed by atoms with Crippen molar-refractivity contribution in [2.24, 2.45) is 0 Å². The summed E-state index contributed by atoms with van der Waals surface area (Å²) >= 11 is 0. The molecule has 3 N–H and O–H groups in total. The first-order valence-electron chi connectivity index (χ1n) is 2.68. The van der Waals surface area contributed by atoms with Crippen molar-refractivity contribution in [2.75, 3.05) is 12.8 Å². The smallest absolute Gasteiger partial charge is 0.291 e. The van der Waals surface area contributed by atoms with Gasteiger partial charge in [-0.05, 0) is 0 Å². The first-order chi connectivity index (χ1) is 4.75. The van der Waals surface area contributed by atoms with Gasteiger partial charge in [0, 0.05) is 7.05 Å². The summed E-state index contributed by atoms with van der Waals surface area (Å²) in [6.07, 6.45) is 1.28. The van der Waals surface area contributed by atoms with E-state index in [0.29, 0.717) is 0 Å². The second-order valence-corrected chi connectivity index (χ2v) is 1.69. The van der Waals surface area contributed by atoms with Crippen LogP contribution in [0.1, 0.15) is 10.6 Å². The largest absolute Gasteiger partial charge is 0.394 e. The van der Waals surface area contributed by atoms with Gasteiger partial charge in [0.15, 0.2) is 0 Å². The molecule has 0 atom stereocenters. The van der Waals surface area contributed by atoms with Gasteiger partial charge in [-0.25, -0.2) is 0 Å². The zero-order chi connectivity index (χ0) is 7.56. The maximum Gasteiger partial charge on any atom is 0.291 e. The average Bonchev–Trinajstić information content (AvgIpc) is 2.34. The molecule has 1 rings (SSSR count). The van der Waals surface area contributed by atoms with Crippen LogP contribution < -0.4 is 11.1 Å². The molecule has 54 valence electrons. The Hall–Kier alpha value is -1.52. The highest BCUT2D eigenvalue weighted by Crippen LogP contribution is 2.07. The molecule has 1 aromatic heterocycles. The number of nitrogen functional groups attached to an aromatic ring is 1. The number of rotatable bonds is 1. The number of carbonyl (C=O) groups excluding carboxylic acids is 1. The van der Waals surface area contributed by atoms with E-state index in [0.717, 1.165) is 0 Å². The van der Waals surface area contributed by atoms with Gasteiger partial charge in [0.2, 0.25) is 5.76 Å². The van der Waals surface area contributed by atoms with Crippen LogP contribution in [0.3, 0.4) is 0 Å². The highest BCUT2D eigenvalue weighted by atomic mass is 16.5. The maximum atomic E-state index is 10.8. The van der Waals surface area contributed by atoms with Crippen LogP contribution in [0.5, 0.6) is 0 Å². The van der Waals surface area contributed by atoms with Gasteiger partial charge in [0.05, 0.1) is 6.20 Å². The highest BCUT2D eigenvalue weighted by Gasteiger charge is 2.11. The highest BCUT2D eigenvalue weighted by molar-refractivity contribution is 5.95. The summed E-state index contributed by atoms with van der Waals surface area (Å²) in [7, 11) is 1.49. The normalized spacial score (nSPS) is 9.30. The van der Waals surface area contributed by atoms with E-state index < -0.39 is 0 Å². The van der Waals surface area contributed by atoms with Crippen molar-refractivity contribution in [3.8, 4) is 0 Å². The van der Waals surface area contributed by atoms with Crippen molar-refractivity contribution < 1.29 is 9.32 Å². The lowest BCUT2D eigenvalue weighted by Gasteiger charge is -1.91. The minimum atomic E-state index is -0.366. The monoisotopic (exact) mass is 141 g/mol. The molecule has 0 saturated heterocycles. The first kappa shape index (κ1) is 6.60. The number of nitrogens with zero attached hydrogens (tertiary/aromatic N) is 1. The Labute approximate surface area is 57.2 Å². The maximum absolute atomic E-state index is 10.8. The Morgan fingerprint density at radius 1 is 1.90 bits per heavy atom. The molecule has 0 radical (unpaired) electrons. The van der Waals surface area contributed by atoms with Crippen LogP contribution in [0, 0.1) is 0 Å². The van der Waals surface area contributed by atoms with Gasteiger partial charge in [-0.1, -0.05) is 5.16 Å². The number of nitrogens with one attached hydrogen (secondary N) is 1. The molecule has 10 heavy (non-hydrogen) atoms. The molecule has 0 unspecified atom stereocenters. The van der Waals surface area contributed by atoms with Gasteiger partial charge in [0.1, 0.15) is 5.69 Å². The lowest BCUT2D eigenvalue weighted by Crippen LogP contribution is -2.18. The summed E-state index contributed by atoms with van der Waals surface area (Å²) in [5.41, 5.74) is 5.55. The molecule has 0 spiro atoms. The Morgan fingerprint density at radius 2 is 2.60 bits per heavy atom. The molecule has 0 saturated carbocycles. The average molecular weight is 141 g/mol. The van der Waals surface area contributed by atoms with E-state index in [4.69, 9.17) is 5.73 Å². The molecule has 5 nitrogen and oxygen atoms in total. The molecule has 1 amide bonds. The van der Waals surface area contributed by atoms with E-state index in [1.807, 2.05) is 0 Å². The molecule has 0 fully saturated rings. The quantitative estimate of drug-likeness (QED) is 0.558. The number of aromatic nitrogens is 1. The molecule has 0 aliphatic rings. The molecule has 5 heteroatoms. The van der Waals surface area contributed by atoms with E-state index in [-0.39, 0.29) is 17.4 Å². The SMILES string of the molecule is CNC(=O)c1oncc1N. The van der Waals surface area contributed by atoms with Crippen LogP contribution in [-0.2, 0) is 0 Å². The van der Waals surface area contributed by atoms with Crippen molar-refractivity contribution in [3.05, 3.63) is 12.0 Å². The van der Waals surface area contributed by atoms with Crippen LogP contribution in [0.15, 0.2) is 10.7 Å². The predicted octanol–water partition coefficient (Wildman–Crippen LogP) is -0.384. The molecular weight excluding hydrogens is 134 g/mol. The van der Waals surface area contributed by atoms with Crippen molar-refractivity contribution in [3.63, 3.8) is 0 Å². The molecule has 0 aromatic carbocycles. The second-order valence-electron chi connectivity index (χ2n) is 1.69. The number of hydrogen-bond donors (Lipinski definition) is 2. The number of nitrogens with two attached hydrogens (primary N) is 1. The molecule has 1 heterocycles. The van der Waals surface area contributed by atoms with Crippen molar-refractivity contribution in [1.29, 1.82) is 0 Å². The first-order valence-corrected chi connectivity index (χ1v) is 2.68. The number of anilines is 1. The van der Waals surface area contributed by atoms with E-state index in [9.17, 15) is 4.79 Å². The third-order valence-electron chi connectivity index (χ3n) is 1.03. The van der Waals surface area contributed by atoms with Crippen LogP contribution in [0.25, 0.3) is 0 Å². The zero-order valence-electron chi connectivity index (χ0n) is 5.42. The Bertz CT molecular complexity index is 243. The molecular formula is C5H7N3O2.